The first-order chi connectivity index (χ1) is 17.9. The van der Waals surface area contributed by atoms with Gasteiger partial charge in [0.15, 0.2) is 17.7 Å². The van der Waals surface area contributed by atoms with Gasteiger partial charge in [-0.25, -0.2) is 19.5 Å². The highest BCUT2D eigenvalue weighted by atomic mass is 33.1. The lowest BCUT2D eigenvalue weighted by Gasteiger charge is -2.35. The zero-order valence-electron chi connectivity index (χ0n) is 21.9. The maximum absolute atomic E-state index is 13.4. The third kappa shape index (κ3) is 5.62. The number of anilines is 1. The largest absolute Gasteiger partial charge is 0.475 e. The van der Waals surface area contributed by atoms with Crippen molar-refractivity contribution in [1.82, 2.24) is 19.5 Å². The van der Waals surface area contributed by atoms with Gasteiger partial charge in [0, 0.05) is 9.64 Å². The Morgan fingerprint density at radius 3 is 2.84 bits per heavy atom. The van der Waals surface area contributed by atoms with E-state index in [4.69, 9.17) is 24.0 Å². The number of hydrogen-bond donors (Lipinski definition) is 2. The molecule has 0 amide bonds. The third-order valence-electron chi connectivity index (χ3n) is 6.14. The molecule has 0 bridgehead atoms. The van der Waals surface area contributed by atoms with E-state index >= 15 is 0 Å². The second kappa shape index (κ2) is 10.4. The summed E-state index contributed by atoms with van der Waals surface area (Å²) in [7, 11) is -0.457. The number of rotatable bonds is 7. The van der Waals surface area contributed by atoms with Crippen molar-refractivity contribution in [3.05, 3.63) is 42.0 Å². The number of fused-ring (bicyclic) bond motifs is 2. The van der Waals surface area contributed by atoms with Gasteiger partial charge in [-0.05, 0) is 31.9 Å². The molecule has 0 saturated carbocycles. The van der Waals surface area contributed by atoms with Crippen molar-refractivity contribution in [2.45, 2.75) is 74.7 Å². The van der Waals surface area contributed by atoms with Gasteiger partial charge in [-0.3, -0.25) is 18.1 Å². The molecule has 2 aliphatic heterocycles. The molecule has 2 aromatic heterocycles. The fourth-order valence-corrected chi connectivity index (χ4v) is 8.12. The molecule has 11 nitrogen and oxygen atoms in total. The third-order valence-corrected chi connectivity index (χ3v) is 11.0. The lowest BCUT2D eigenvalue weighted by molar-refractivity contribution is -0.0909. The van der Waals surface area contributed by atoms with Crippen LogP contribution in [0.25, 0.3) is 11.2 Å². The molecule has 0 aliphatic carbocycles. The van der Waals surface area contributed by atoms with Crippen LogP contribution in [0.1, 0.15) is 45.3 Å². The van der Waals surface area contributed by atoms with Gasteiger partial charge in [-0.1, -0.05) is 60.6 Å². The van der Waals surface area contributed by atoms with Gasteiger partial charge in [-0.15, -0.1) is 0 Å². The number of aromatic nitrogens is 4. The van der Waals surface area contributed by atoms with E-state index in [1.807, 2.05) is 18.2 Å². The molecule has 1 unspecified atom stereocenters. The Hall–Kier alpha value is -1.70. The Bertz CT molecular complexity index is 1380. The molecule has 2 aliphatic rings. The first kappa shape index (κ1) is 27.9. The minimum atomic E-state index is -3.95. The van der Waals surface area contributed by atoms with Crippen molar-refractivity contribution < 1.29 is 28.0 Å². The van der Waals surface area contributed by atoms with E-state index in [1.54, 1.807) is 40.0 Å². The van der Waals surface area contributed by atoms with E-state index in [0.717, 1.165) is 10.5 Å². The van der Waals surface area contributed by atoms with Crippen molar-refractivity contribution in [2.24, 2.45) is 0 Å². The SMILES string of the molecule is Cc1nc(N)c2ncn([C@@H]3O[C@@H]4COP(=O)(OCCc5ccccc5SSC(C)(C)C)O[C@H]4[C@@]3(C)O)c2n1. The van der Waals surface area contributed by atoms with Crippen LogP contribution in [0, 0.1) is 6.92 Å². The fourth-order valence-electron chi connectivity index (χ4n) is 4.39. The summed E-state index contributed by atoms with van der Waals surface area (Å²) >= 11 is 0. The molecule has 2 saturated heterocycles. The summed E-state index contributed by atoms with van der Waals surface area (Å²) in [4.78, 5) is 14.0. The number of nitrogen functional groups attached to an aromatic ring is 1. The van der Waals surface area contributed by atoms with E-state index in [1.165, 1.54) is 6.33 Å². The summed E-state index contributed by atoms with van der Waals surface area (Å²) in [6, 6.07) is 8.05. The van der Waals surface area contributed by atoms with Crippen LogP contribution in [0.15, 0.2) is 35.5 Å². The van der Waals surface area contributed by atoms with E-state index in [-0.39, 0.29) is 23.8 Å². The lowest BCUT2D eigenvalue weighted by Crippen LogP contribution is -2.47. The quantitative estimate of drug-likeness (QED) is 0.295. The molecule has 3 N–H and O–H groups in total. The second-order valence-electron chi connectivity index (χ2n) is 10.5. The summed E-state index contributed by atoms with van der Waals surface area (Å²) in [6.07, 6.45) is -0.567. The molecular formula is C24H32N5O6PS2. The average Bonchev–Trinajstić information content (AvgIpc) is 3.36. The predicted molar refractivity (Wildman–Crippen MR) is 147 cm³/mol. The molecule has 38 heavy (non-hydrogen) atoms. The predicted octanol–water partition coefficient (Wildman–Crippen LogP) is 4.69. The van der Waals surface area contributed by atoms with Gasteiger partial charge in [0.1, 0.15) is 29.2 Å². The van der Waals surface area contributed by atoms with Crippen molar-refractivity contribution in [3.63, 3.8) is 0 Å². The van der Waals surface area contributed by atoms with Crippen LogP contribution in [0.3, 0.4) is 0 Å². The van der Waals surface area contributed by atoms with Gasteiger partial charge < -0.3 is 15.6 Å². The number of hydrogen-bond acceptors (Lipinski definition) is 12. The van der Waals surface area contributed by atoms with Crippen molar-refractivity contribution in [2.75, 3.05) is 18.9 Å². The number of imidazole rings is 1. The lowest BCUT2D eigenvalue weighted by atomic mass is 9.96. The monoisotopic (exact) mass is 581 g/mol. The number of aliphatic hydroxyl groups is 1. The molecule has 0 spiro atoms. The standard InChI is InChI=1S/C24H32N5O6PS2/c1-14-27-20(25)18-21(28-14)29(13-26-18)22-24(5,30)19-16(34-22)12-33-36(31,35-19)32-11-10-15-8-6-7-9-17(15)37-38-23(2,3)4/h6-9,13,16,19,22,30H,10-12H2,1-5H3,(H2,25,27,28)/t16-,19-,22-,24-,36?/m1/s1. The fraction of sp³-hybridized carbons (Fsp3) is 0.542. The smallest absolute Gasteiger partial charge is 0.383 e. The molecule has 5 rings (SSSR count). The Morgan fingerprint density at radius 2 is 2.08 bits per heavy atom. The summed E-state index contributed by atoms with van der Waals surface area (Å²) in [6.45, 7) is 9.83. The topological polar surface area (TPSA) is 144 Å². The maximum Gasteiger partial charge on any atom is 0.475 e. The van der Waals surface area contributed by atoms with Crippen LogP contribution >= 0.6 is 29.4 Å². The number of aryl methyl sites for hydroxylation is 1. The zero-order chi connectivity index (χ0) is 27.3. The number of phosphoric acid groups is 1. The number of nitrogens with two attached hydrogens (primary N) is 1. The maximum atomic E-state index is 13.4. The Labute approximate surface area is 229 Å². The normalized spacial score (nSPS) is 29.6. The van der Waals surface area contributed by atoms with Crippen molar-refractivity contribution in [3.8, 4) is 0 Å². The molecule has 206 valence electrons. The van der Waals surface area contributed by atoms with E-state index in [9.17, 15) is 9.67 Å². The molecule has 2 fully saturated rings. The molecule has 14 heteroatoms. The first-order valence-corrected chi connectivity index (χ1v) is 15.8. The van der Waals surface area contributed by atoms with Gasteiger partial charge in [-0.2, -0.15) is 0 Å². The molecule has 5 atom stereocenters. The molecule has 3 aromatic rings. The van der Waals surface area contributed by atoms with E-state index < -0.39 is 31.9 Å². The van der Waals surface area contributed by atoms with Crippen molar-refractivity contribution >= 4 is 46.4 Å². The molecule has 0 radical (unpaired) electrons. The molecule has 4 heterocycles. The van der Waals surface area contributed by atoms with Crippen molar-refractivity contribution in [1.29, 1.82) is 0 Å². The van der Waals surface area contributed by atoms with Crippen LogP contribution in [0.5, 0.6) is 0 Å². The number of phosphoric ester groups is 1. The van der Waals surface area contributed by atoms with Crippen LogP contribution in [0.2, 0.25) is 0 Å². The average molecular weight is 582 g/mol. The number of nitrogens with zero attached hydrogens (tertiary/aromatic N) is 4. The van der Waals surface area contributed by atoms with Crippen LogP contribution < -0.4 is 5.73 Å². The van der Waals surface area contributed by atoms with Gasteiger partial charge in [0.2, 0.25) is 0 Å². The van der Waals surface area contributed by atoms with Gasteiger partial charge >= 0.3 is 7.82 Å². The van der Waals surface area contributed by atoms with Gasteiger partial charge in [0.25, 0.3) is 0 Å². The highest BCUT2D eigenvalue weighted by Crippen LogP contribution is 2.59. The number of ether oxygens (including phenoxy) is 1. The Kier molecular flexibility index (Phi) is 7.60. The minimum absolute atomic E-state index is 0.0635. The van der Waals surface area contributed by atoms with Crippen LogP contribution in [-0.2, 0) is 29.3 Å². The Morgan fingerprint density at radius 1 is 1.32 bits per heavy atom. The molecule has 1 aromatic carbocycles. The minimum Gasteiger partial charge on any atom is -0.383 e. The highest BCUT2D eigenvalue weighted by molar-refractivity contribution is 8.77. The zero-order valence-corrected chi connectivity index (χ0v) is 24.4. The van der Waals surface area contributed by atoms with Gasteiger partial charge in [0.05, 0.1) is 19.5 Å². The second-order valence-corrected chi connectivity index (χ2v) is 15.1. The highest BCUT2D eigenvalue weighted by Gasteiger charge is 2.60. The summed E-state index contributed by atoms with van der Waals surface area (Å²) in [5.41, 5.74) is 6.29. The first-order valence-electron chi connectivity index (χ1n) is 12.2. The van der Waals surface area contributed by atoms with Crippen LogP contribution in [-0.4, -0.2) is 60.4 Å². The Balaban J connectivity index is 1.27. The van der Waals surface area contributed by atoms with Crippen LogP contribution in [0.4, 0.5) is 5.82 Å². The number of benzene rings is 1. The summed E-state index contributed by atoms with van der Waals surface area (Å²) < 4.78 is 38.2. The summed E-state index contributed by atoms with van der Waals surface area (Å²) in [5, 5.41) is 11.5. The molecular weight excluding hydrogens is 549 g/mol. The summed E-state index contributed by atoms with van der Waals surface area (Å²) in [5.74, 6) is 0.692. The van der Waals surface area contributed by atoms with E-state index in [0.29, 0.717) is 23.4 Å². The van der Waals surface area contributed by atoms with E-state index in [2.05, 4.69) is 41.8 Å².